The molecule has 2 heterocycles. The molecule has 0 spiro atoms. The maximum Gasteiger partial charge on any atom is 0.191 e. The average Bonchev–Trinajstić information content (AvgIpc) is 3.08. The quantitative estimate of drug-likeness (QED) is 0.341. The van der Waals surface area contributed by atoms with Crippen LogP contribution >= 0.6 is 24.0 Å². The van der Waals surface area contributed by atoms with Crippen molar-refractivity contribution in [3.05, 3.63) is 47.9 Å². The van der Waals surface area contributed by atoms with E-state index in [1.54, 1.807) is 6.26 Å². The number of nitrogens with zero attached hydrogens (tertiary/aromatic N) is 1. The molecule has 0 amide bonds. The Kier molecular flexibility index (Phi) is 9.46. The van der Waals surface area contributed by atoms with Crippen molar-refractivity contribution in [2.24, 2.45) is 4.99 Å². The van der Waals surface area contributed by atoms with Gasteiger partial charge in [0.05, 0.1) is 26.0 Å². The summed E-state index contributed by atoms with van der Waals surface area (Å²) in [5.74, 6) is 3.38. The molecular weight excluding hydrogens is 469 g/mol. The summed E-state index contributed by atoms with van der Waals surface area (Å²) >= 11 is 0. The number of furan rings is 1. The summed E-state index contributed by atoms with van der Waals surface area (Å²) in [6.07, 6.45) is 4.43. The predicted octanol–water partition coefficient (Wildman–Crippen LogP) is 4.14. The third-order valence-electron chi connectivity index (χ3n) is 4.50. The Morgan fingerprint density at radius 2 is 2.04 bits per heavy atom. The number of fused-ring (bicyclic) bond motifs is 1. The molecular formula is C21H30IN3O3. The molecule has 0 saturated heterocycles. The Morgan fingerprint density at radius 1 is 1.18 bits per heavy atom. The first-order chi connectivity index (χ1) is 13.3. The molecule has 1 aromatic heterocycles. The SMILES string of the molecule is CCC(C)NC(=NCc1cccc2c1OCCCO2)NCCc1ccco1.I. The highest BCUT2D eigenvalue weighted by Crippen LogP contribution is 2.33. The average molecular weight is 499 g/mol. The molecule has 2 aromatic rings. The molecule has 0 bridgehead atoms. The van der Waals surface area contributed by atoms with Crippen molar-refractivity contribution in [3.63, 3.8) is 0 Å². The number of nitrogens with one attached hydrogen (secondary N) is 2. The lowest BCUT2D eigenvalue weighted by Crippen LogP contribution is -2.42. The van der Waals surface area contributed by atoms with E-state index < -0.39 is 0 Å². The summed E-state index contributed by atoms with van der Waals surface area (Å²) < 4.78 is 17.1. The summed E-state index contributed by atoms with van der Waals surface area (Å²) in [5, 5.41) is 6.84. The second kappa shape index (κ2) is 11.8. The lowest BCUT2D eigenvalue weighted by Gasteiger charge is -2.17. The van der Waals surface area contributed by atoms with Gasteiger partial charge in [-0.05, 0) is 31.5 Å². The Balaban J connectivity index is 0.00000280. The third-order valence-corrected chi connectivity index (χ3v) is 4.50. The number of aliphatic imine (C=N–C) groups is 1. The fraction of sp³-hybridized carbons (Fsp3) is 0.476. The number of benzene rings is 1. The largest absolute Gasteiger partial charge is 0.490 e. The highest BCUT2D eigenvalue weighted by Gasteiger charge is 2.14. The van der Waals surface area contributed by atoms with Gasteiger partial charge in [0.1, 0.15) is 5.76 Å². The van der Waals surface area contributed by atoms with Crippen molar-refractivity contribution in [1.29, 1.82) is 0 Å². The number of rotatable bonds is 7. The Morgan fingerprint density at radius 3 is 2.82 bits per heavy atom. The van der Waals surface area contributed by atoms with E-state index in [1.165, 1.54) is 0 Å². The molecule has 28 heavy (non-hydrogen) atoms. The molecule has 6 nitrogen and oxygen atoms in total. The normalized spacial score (nSPS) is 14.6. The zero-order valence-electron chi connectivity index (χ0n) is 16.6. The lowest BCUT2D eigenvalue weighted by molar-refractivity contribution is 0.296. The second-order valence-corrected chi connectivity index (χ2v) is 6.67. The van der Waals surface area contributed by atoms with Crippen molar-refractivity contribution in [1.82, 2.24) is 10.6 Å². The van der Waals surface area contributed by atoms with Crippen LogP contribution in [0, 0.1) is 0 Å². The van der Waals surface area contributed by atoms with Gasteiger partial charge >= 0.3 is 0 Å². The number of guanidine groups is 1. The van der Waals surface area contributed by atoms with Crippen LogP contribution in [0.3, 0.4) is 0 Å². The van der Waals surface area contributed by atoms with Gasteiger partial charge in [-0.25, -0.2) is 4.99 Å². The van der Waals surface area contributed by atoms with Crippen LogP contribution in [-0.4, -0.2) is 31.8 Å². The number of halogens is 1. The van der Waals surface area contributed by atoms with E-state index in [0.29, 0.717) is 25.8 Å². The van der Waals surface area contributed by atoms with Crippen LogP contribution in [0.5, 0.6) is 11.5 Å². The van der Waals surface area contributed by atoms with Gasteiger partial charge in [0.2, 0.25) is 0 Å². The first-order valence-electron chi connectivity index (χ1n) is 9.71. The Labute approximate surface area is 184 Å². The summed E-state index contributed by atoms with van der Waals surface area (Å²) in [7, 11) is 0. The molecule has 0 saturated carbocycles. The highest BCUT2D eigenvalue weighted by atomic mass is 127. The molecule has 1 atom stereocenters. The third kappa shape index (κ3) is 6.61. The minimum absolute atomic E-state index is 0. The topological polar surface area (TPSA) is 68.0 Å². The maximum atomic E-state index is 5.90. The van der Waals surface area contributed by atoms with E-state index in [2.05, 4.69) is 24.5 Å². The van der Waals surface area contributed by atoms with Crippen LogP contribution < -0.4 is 20.1 Å². The molecule has 0 radical (unpaired) electrons. The molecule has 7 heteroatoms. The van der Waals surface area contributed by atoms with E-state index in [9.17, 15) is 0 Å². The van der Waals surface area contributed by atoms with Gasteiger partial charge in [-0.1, -0.05) is 19.1 Å². The Hall–Kier alpha value is -1.90. The summed E-state index contributed by atoms with van der Waals surface area (Å²) in [5.41, 5.74) is 1.03. The van der Waals surface area contributed by atoms with Gasteiger partial charge < -0.3 is 24.5 Å². The van der Waals surface area contributed by atoms with Gasteiger partial charge in [-0.15, -0.1) is 24.0 Å². The van der Waals surface area contributed by atoms with Gasteiger partial charge in [-0.3, -0.25) is 0 Å². The van der Waals surface area contributed by atoms with Crippen LogP contribution in [0.4, 0.5) is 0 Å². The number of hydrogen-bond donors (Lipinski definition) is 2. The van der Waals surface area contributed by atoms with Gasteiger partial charge in [-0.2, -0.15) is 0 Å². The zero-order chi connectivity index (χ0) is 18.9. The van der Waals surface area contributed by atoms with Crippen LogP contribution in [0.2, 0.25) is 0 Å². The molecule has 2 N–H and O–H groups in total. The van der Waals surface area contributed by atoms with Crippen LogP contribution in [0.1, 0.15) is 38.0 Å². The van der Waals surface area contributed by atoms with E-state index in [-0.39, 0.29) is 24.0 Å². The number of ether oxygens (including phenoxy) is 2. The van der Waals surface area contributed by atoms with Crippen molar-refractivity contribution >= 4 is 29.9 Å². The monoisotopic (exact) mass is 499 g/mol. The highest BCUT2D eigenvalue weighted by molar-refractivity contribution is 14.0. The number of hydrogen-bond acceptors (Lipinski definition) is 4. The molecule has 154 valence electrons. The minimum Gasteiger partial charge on any atom is -0.490 e. The van der Waals surface area contributed by atoms with Crippen molar-refractivity contribution < 1.29 is 13.9 Å². The van der Waals surface area contributed by atoms with Crippen LogP contribution in [0.15, 0.2) is 46.0 Å². The van der Waals surface area contributed by atoms with E-state index >= 15 is 0 Å². The molecule has 1 aliphatic heterocycles. The van der Waals surface area contributed by atoms with Gasteiger partial charge in [0.25, 0.3) is 0 Å². The van der Waals surface area contributed by atoms with E-state index in [0.717, 1.165) is 54.6 Å². The standard InChI is InChI=1S/C21H29N3O3.HI/c1-3-16(2)24-21(22-11-10-18-8-5-12-25-18)23-15-17-7-4-9-19-20(17)27-14-6-13-26-19;/h4-5,7-9,12,16H,3,6,10-11,13-15H2,1-2H3,(H2,22,23,24);1H. The van der Waals surface area contributed by atoms with Crippen molar-refractivity contribution in [3.8, 4) is 11.5 Å². The van der Waals surface area contributed by atoms with Crippen molar-refractivity contribution in [2.75, 3.05) is 19.8 Å². The summed E-state index contributed by atoms with van der Waals surface area (Å²) in [6.45, 7) is 6.94. The maximum absolute atomic E-state index is 5.90. The predicted molar refractivity (Wildman–Crippen MR) is 122 cm³/mol. The van der Waals surface area contributed by atoms with E-state index in [1.807, 2.05) is 30.3 Å². The fourth-order valence-electron chi connectivity index (χ4n) is 2.79. The molecule has 0 fully saturated rings. The lowest BCUT2D eigenvalue weighted by atomic mass is 10.2. The molecule has 3 rings (SSSR count). The summed E-state index contributed by atoms with van der Waals surface area (Å²) in [4.78, 5) is 4.77. The van der Waals surface area contributed by atoms with E-state index in [4.69, 9.17) is 18.9 Å². The van der Waals surface area contributed by atoms with Gasteiger partial charge in [0, 0.05) is 31.0 Å². The molecule has 1 unspecified atom stereocenters. The molecule has 0 aliphatic carbocycles. The van der Waals surface area contributed by atoms with Crippen LogP contribution in [0.25, 0.3) is 0 Å². The van der Waals surface area contributed by atoms with Crippen LogP contribution in [-0.2, 0) is 13.0 Å². The number of para-hydroxylation sites is 1. The first kappa shape index (κ1) is 22.4. The molecule has 1 aromatic carbocycles. The zero-order valence-corrected chi connectivity index (χ0v) is 18.9. The minimum atomic E-state index is 0. The summed E-state index contributed by atoms with van der Waals surface area (Å²) in [6, 6.07) is 10.2. The van der Waals surface area contributed by atoms with Gasteiger partial charge in [0.15, 0.2) is 17.5 Å². The second-order valence-electron chi connectivity index (χ2n) is 6.67. The van der Waals surface area contributed by atoms with Crippen molar-refractivity contribution in [2.45, 2.75) is 45.7 Å². The fourth-order valence-corrected chi connectivity index (χ4v) is 2.79. The first-order valence-corrected chi connectivity index (χ1v) is 9.71. The smallest absolute Gasteiger partial charge is 0.191 e. The Bertz CT molecular complexity index is 735. The molecule has 1 aliphatic rings.